The molecule has 67 heavy (non-hydrogen) atoms. The van der Waals surface area contributed by atoms with Crippen molar-refractivity contribution in [1.82, 2.24) is 0 Å². The molecule has 0 fully saturated rings. The topological polar surface area (TPSA) is 108 Å². The van der Waals surface area contributed by atoms with Gasteiger partial charge < -0.3 is 28.5 Å². The van der Waals surface area contributed by atoms with E-state index in [0.717, 1.165) is 103 Å². The van der Waals surface area contributed by atoms with Crippen LogP contribution in [0.2, 0.25) is 0 Å². The van der Waals surface area contributed by atoms with Crippen molar-refractivity contribution in [3.05, 3.63) is 134 Å². The first-order valence-electron chi connectivity index (χ1n) is 25.3. The predicted octanol–water partition coefficient (Wildman–Crippen LogP) is 14.3. The van der Waals surface area contributed by atoms with E-state index in [4.69, 9.17) is 18.9 Å². The van der Waals surface area contributed by atoms with Crippen LogP contribution in [-0.4, -0.2) is 87.4 Å². The molecule has 0 aliphatic rings. The number of ether oxygens (including phenoxy) is 4. The van der Waals surface area contributed by atoms with E-state index in [0.29, 0.717) is 30.3 Å². The van der Waals surface area contributed by atoms with Gasteiger partial charge in [-0.3, -0.25) is 9.59 Å². The number of esters is 2. The monoisotopic (exact) mass is 931 g/mol. The Balaban J connectivity index is 4.47. The normalized spacial score (nSPS) is 14.0. The fraction of sp³-hybridized carbons (Fsp3) is 0.569. The molecule has 0 amide bonds. The van der Waals surface area contributed by atoms with Crippen molar-refractivity contribution in [1.29, 1.82) is 0 Å². The second kappa shape index (κ2) is 47.9. The number of likely N-dealkylation sites (N-methyl/N-ethyl adjacent to an activating group) is 1. The second-order valence-electron chi connectivity index (χ2n) is 17.4. The Morgan fingerprint density at radius 3 is 1.31 bits per heavy atom. The Labute approximate surface area is 408 Å². The first-order valence-corrected chi connectivity index (χ1v) is 25.3. The minimum atomic E-state index is -1.54. The van der Waals surface area contributed by atoms with E-state index in [1.54, 1.807) is 0 Å². The zero-order chi connectivity index (χ0) is 49.2. The molecule has 0 spiro atoms. The first kappa shape index (κ1) is 62.4. The van der Waals surface area contributed by atoms with Crippen molar-refractivity contribution >= 4 is 17.9 Å². The van der Waals surface area contributed by atoms with Crippen molar-refractivity contribution in [3.63, 3.8) is 0 Å². The van der Waals surface area contributed by atoms with Gasteiger partial charge in [0.1, 0.15) is 13.2 Å². The van der Waals surface area contributed by atoms with Crippen molar-refractivity contribution in [3.8, 4) is 0 Å². The van der Waals surface area contributed by atoms with Crippen LogP contribution in [0.5, 0.6) is 0 Å². The average molecular weight is 931 g/mol. The molecule has 0 saturated carbocycles. The molecule has 0 heterocycles. The number of hydrogen-bond acceptors (Lipinski definition) is 7. The highest BCUT2D eigenvalue weighted by Crippen LogP contribution is 2.11. The Hall–Kier alpha value is -4.57. The van der Waals surface area contributed by atoms with Gasteiger partial charge in [-0.05, 0) is 103 Å². The zero-order valence-electron chi connectivity index (χ0n) is 42.5. The lowest BCUT2D eigenvalue weighted by Gasteiger charge is -2.25. The largest absolute Gasteiger partial charge is 0.477 e. The average Bonchev–Trinajstić information content (AvgIpc) is 3.29. The zero-order valence-corrected chi connectivity index (χ0v) is 42.5. The Morgan fingerprint density at radius 1 is 0.463 bits per heavy atom. The fourth-order valence-corrected chi connectivity index (χ4v) is 5.99. The van der Waals surface area contributed by atoms with Crippen LogP contribution in [0.25, 0.3) is 0 Å². The van der Waals surface area contributed by atoms with Crippen LogP contribution in [0.3, 0.4) is 0 Å². The summed E-state index contributed by atoms with van der Waals surface area (Å²) in [5, 5.41) is 9.65. The molecule has 2 atom stereocenters. The van der Waals surface area contributed by atoms with E-state index >= 15 is 0 Å². The van der Waals surface area contributed by atoms with Gasteiger partial charge in [-0.2, -0.15) is 0 Å². The summed E-state index contributed by atoms with van der Waals surface area (Å²) < 4.78 is 22.7. The number of allylic oxidation sites excluding steroid dienone is 22. The van der Waals surface area contributed by atoms with E-state index in [-0.39, 0.29) is 38.6 Å². The van der Waals surface area contributed by atoms with Crippen LogP contribution in [0.15, 0.2) is 134 Å². The summed E-state index contributed by atoms with van der Waals surface area (Å²) in [5.41, 5.74) is 0. The maximum atomic E-state index is 12.8. The van der Waals surface area contributed by atoms with Gasteiger partial charge in [-0.25, -0.2) is 4.79 Å². The number of rotatable bonds is 44. The molecule has 0 saturated heterocycles. The Bertz CT molecular complexity index is 1550. The quantitative estimate of drug-likeness (QED) is 0.0212. The van der Waals surface area contributed by atoms with Gasteiger partial charge in [-0.15, -0.1) is 0 Å². The molecule has 0 aromatic heterocycles. The maximum absolute atomic E-state index is 12.8. The van der Waals surface area contributed by atoms with Crippen molar-refractivity contribution in [2.24, 2.45) is 0 Å². The van der Waals surface area contributed by atoms with E-state index in [1.165, 1.54) is 6.42 Å². The Morgan fingerprint density at radius 2 is 0.866 bits per heavy atom. The molecule has 0 radical (unpaired) electrons. The summed E-state index contributed by atoms with van der Waals surface area (Å²) in [6, 6.07) is 0. The molecule has 0 aliphatic heterocycles. The fourth-order valence-electron chi connectivity index (χ4n) is 5.99. The van der Waals surface area contributed by atoms with E-state index in [1.807, 2.05) is 27.2 Å². The summed E-state index contributed by atoms with van der Waals surface area (Å²) in [6.07, 6.45) is 65.3. The Kier molecular flexibility index (Phi) is 44.6. The molecule has 2 unspecified atom stereocenters. The minimum Gasteiger partial charge on any atom is -0.477 e. The highest BCUT2D eigenvalue weighted by atomic mass is 16.7. The highest BCUT2D eigenvalue weighted by Gasteiger charge is 2.25. The van der Waals surface area contributed by atoms with Gasteiger partial charge in [0.2, 0.25) is 0 Å². The van der Waals surface area contributed by atoms with Gasteiger partial charge in [-0.1, -0.05) is 173 Å². The van der Waals surface area contributed by atoms with Gasteiger partial charge in [0.15, 0.2) is 6.10 Å². The molecule has 0 bridgehead atoms. The smallest absolute Gasteiger partial charge is 0.361 e. The van der Waals surface area contributed by atoms with Crippen LogP contribution in [0, 0.1) is 0 Å². The molecule has 1 N–H and O–H groups in total. The number of unbranched alkanes of at least 4 members (excludes halogenated alkanes) is 7. The molecule has 376 valence electrons. The van der Waals surface area contributed by atoms with Gasteiger partial charge in [0.25, 0.3) is 6.29 Å². The number of aliphatic carboxylic acids is 1. The van der Waals surface area contributed by atoms with Crippen LogP contribution >= 0.6 is 0 Å². The first-order chi connectivity index (χ1) is 32.6. The molecular formula is C58H92NO8+. The lowest BCUT2D eigenvalue weighted by atomic mass is 10.1. The third-order valence-corrected chi connectivity index (χ3v) is 9.87. The molecular weight excluding hydrogens is 839 g/mol. The number of nitrogens with zero attached hydrogens (tertiary/aromatic N) is 1. The standard InChI is InChI=1S/C58H91NO8/c1-6-8-10-12-14-16-18-20-21-22-23-24-25-26-27-28-29-30-31-32-33-34-35-37-39-41-43-45-47-49-56(61)67-54(53-66-58(57(62)63)64-51-50-59(3,4)5)52-65-55(60)48-46-44-42-40-38-36-19-17-15-13-11-9-7-2/h8,10-11,13-14,16-17,19-21,23-24,26-27,29-30,32-33,35,37,41,43,54,58H,6-7,9,12,15,18,22,25,28,31,34,36,38-40,42,44-53H2,1-5H3/p+1/b10-8-,13-11-,16-14-,19-17-,21-20-,24-23-,27-26-,30-29-,33-32-,37-35-,43-41-. The van der Waals surface area contributed by atoms with Crippen LogP contribution < -0.4 is 0 Å². The molecule has 9 nitrogen and oxygen atoms in total. The summed E-state index contributed by atoms with van der Waals surface area (Å²) in [7, 11) is 5.92. The minimum absolute atomic E-state index is 0.166. The lowest BCUT2D eigenvalue weighted by Crippen LogP contribution is -2.40. The van der Waals surface area contributed by atoms with Crippen molar-refractivity contribution in [2.75, 3.05) is 47.5 Å². The number of hydrogen-bond donors (Lipinski definition) is 1. The van der Waals surface area contributed by atoms with E-state index in [2.05, 4.69) is 141 Å². The lowest BCUT2D eigenvalue weighted by molar-refractivity contribution is -0.870. The van der Waals surface area contributed by atoms with Gasteiger partial charge in [0, 0.05) is 12.8 Å². The van der Waals surface area contributed by atoms with Gasteiger partial charge in [0.05, 0.1) is 34.4 Å². The number of carbonyl (C=O) groups excluding carboxylic acids is 2. The third kappa shape index (κ3) is 49.2. The number of quaternary nitrogens is 1. The number of carbonyl (C=O) groups is 3. The van der Waals surface area contributed by atoms with E-state index in [9.17, 15) is 19.5 Å². The van der Waals surface area contributed by atoms with Crippen molar-refractivity contribution < 1.29 is 42.9 Å². The molecule has 0 aromatic carbocycles. The number of carboxylic acid groups (broad SMARTS) is 1. The van der Waals surface area contributed by atoms with Crippen LogP contribution in [0.1, 0.15) is 155 Å². The predicted molar refractivity (Wildman–Crippen MR) is 281 cm³/mol. The summed E-state index contributed by atoms with van der Waals surface area (Å²) in [6.45, 7) is 4.57. The summed E-state index contributed by atoms with van der Waals surface area (Å²) in [5.74, 6) is -2.13. The molecule has 0 aliphatic carbocycles. The third-order valence-electron chi connectivity index (χ3n) is 9.87. The summed E-state index contributed by atoms with van der Waals surface area (Å²) in [4.78, 5) is 37.2. The number of carboxylic acids is 1. The van der Waals surface area contributed by atoms with Crippen LogP contribution in [-0.2, 0) is 33.3 Å². The molecule has 9 heteroatoms. The molecule has 0 aromatic rings. The molecule has 0 rings (SSSR count). The second-order valence-corrected chi connectivity index (χ2v) is 17.4. The highest BCUT2D eigenvalue weighted by molar-refractivity contribution is 5.71. The van der Waals surface area contributed by atoms with E-state index < -0.39 is 24.3 Å². The van der Waals surface area contributed by atoms with Gasteiger partial charge >= 0.3 is 17.9 Å². The maximum Gasteiger partial charge on any atom is 0.361 e. The summed E-state index contributed by atoms with van der Waals surface area (Å²) >= 11 is 0. The SMILES string of the molecule is CC/C=C\C/C=C\C/C=C\C/C=C\C/C=C\C/C=C\C/C=C\C/C=C\C/C=C\CCCC(=O)OC(COC(=O)CCCCCCC/C=C\C/C=C\CCC)COC(OCC[N+](C)(C)C)C(=O)O. The van der Waals surface area contributed by atoms with Crippen LogP contribution in [0.4, 0.5) is 0 Å². The van der Waals surface area contributed by atoms with Crippen molar-refractivity contribution in [2.45, 2.75) is 167 Å².